The first-order chi connectivity index (χ1) is 8.17. The summed E-state index contributed by atoms with van der Waals surface area (Å²) in [6.07, 6.45) is 4.40. The van der Waals surface area contributed by atoms with Crippen molar-refractivity contribution < 1.29 is 18.3 Å². The van der Waals surface area contributed by atoms with Crippen LogP contribution >= 0.6 is 0 Å². The lowest BCUT2D eigenvalue weighted by molar-refractivity contribution is -0.0512. The maximum atomic E-state index is 12.2. The molecule has 0 saturated carbocycles. The molecule has 0 aliphatic rings. The van der Waals surface area contributed by atoms with E-state index in [1.807, 2.05) is 6.08 Å². The number of halogens is 2. The van der Waals surface area contributed by atoms with Crippen molar-refractivity contribution in [3.05, 3.63) is 29.8 Å². The Morgan fingerprint density at radius 2 is 2.12 bits per heavy atom. The second-order valence-electron chi connectivity index (χ2n) is 3.27. The molecule has 1 aromatic rings. The van der Waals surface area contributed by atoms with Gasteiger partial charge in [0.1, 0.15) is 0 Å². The number of alkyl halides is 2. The van der Waals surface area contributed by atoms with Gasteiger partial charge in [0, 0.05) is 0 Å². The molecule has 1 rings (SSSR count). The van der Waals surface area contributed by atoms with Gasteiger partial charge in [0.15, 0.2) is 11.5 Å². The quantitative estimate of drug-likeness (QED) is 0.835. The van der Waals surface area contributed by atoms with Crippen LogP contribution in [0.25, 0.3) is 6.08 Å². The van der Waals surface area contributed by atoms with Gasteiger partial charge in [0.25, 0.3) is 0 Å². The van der Waals surface area contributed by atoms with Crippen LogP contribution in [0.2, 0.25) is 0 Å². The van der Waals surface area contributed by atoms with Gasteiger partial charge in [-0.3, -0.25) is 0 Å². The number of nitrogens with two attached hydrogens (primary N) is 1. The van der Waals surface area contributed by atoms with Crippen LogP contribution in [0.4, 0.5) is 8.78 Å². The van der Waals surface area contributed by atoms with Gasteiger partial charge in [-0.05, 0) is 30.7 Å². The molecule has 0 bridgehead atoms. The third-order valence-electron chi connectivity index (χ3n) is 2.05. The number of rotatable bonds is 6. The van der Waals surface area contributed by atoms with Crippen LogP contribution in [0.3, 0.4) is 0 Å². The van der Waals surface area contributed by atoms with E-state index < -0.39 is 6.61 Å². The molecule has 17 heavy (non-hydrogen) atoms. The number of benzene rings is 1. The Morgan fingerprint density at radius 1 is 1.35 bits per heavy atom. The zero-order chi connectivity index (χ0) is 12.7. The van der Waals surface area contributed by atoms with E-state index in [0.717, 1.165) is 12.0 Å². The van der Waals surface area contributed by atoms with E-state index >= 15 is 0 Å². The summed E-state index contributed by atoms with van der Waals surface area (Å²) < 4.78 is 33.6. The molecule has 0 saturated heterocycles. The number of hydrogen-bond donors (Lipinski definition) is 1. The molecule has 0 unspecified atom stereocenters. The van der Waals surface area contributed by atoms with Gasteiger partial charge in [-0.15, -0.1) is 0 Å². The summed E-state index contributed by atoms with van der Waals surface area (Å²) in [5, 5.41) is 0. The zero-order valence-corrected chi connectivity index (χ0v) is 9.53. The second kappa shape index (κ2) is 6.85. The lowest BCUT2D eigenvalue weighted by Gasteiger charge is -2.10. The Morgan fingerprint density at radius 3 is 2.71 bits per heavy atom. The lowest BCUT2D eigenvalue weighted by Crippen LogP contribution is -2.03. The molecule has 0 radical (unpaired) electrons. The van der Waals surface area contributed by atoms with Crippen LogP contribution in [0.1, 0.15) is 12.0 Å². The monoisotopic (exact) mass is 243 g/mol. The van der Waals surface area contributed by atoms with Crippen LogP contribution in [-0.4, -0.2) is 20.3 Å². The highest BCUT2D eigenvalue weighted by Crippen LogP contribution is 2.29. The predicted molar refractivity (Wildman–Crippen MR) is 62.3 cm³/mol. The molecule has 0 aromatic heterocycles. The molecule has 0 aliphatic carbocycles. The highest BCUT2D eigenvalue weighted by molar-refractivity contribution is 5.55. The third-order valence-corrected chi connectivity index (χ3v) is 2.05. The van der Waals surface area contributed by atoms with Crippen LogP contribution < -0.4 is 15.2 Å². The van der Waals surface area contributed by atoms with Crippen molar-refractivity contribution in [3.63, 3.8) is 0 Å². The molecule has 5 heteroatoms. The topological polar surface area (TPSA) is 44.5 Å². The number of ether oxygens (including phenoxy) is 2. The molecular weight excluding hydrogens is 228 g/mol. The van der Waals surface area contributed by atoms with Crippen molar-refractivity contribution in [2.45, 2.75) is 13.0 Å². The summed E-state index contributed by atoms with van der Waals surface area (Å²) in [5.74, 6) is 0.304. The molecule has 0 spiro atoms. The highest BCUT2D eigenvalue weighted by Gasteiger charge is 2.10. The van der Waals surface area contributed by atoms with Gasteiger partial charge in [-0.25, -0.2) is 0 Å². The minimum atomic E-state index is -2.87. The Kier molecular flexibility index (Phi) is 5.42. The molecule has 0 atom stereocenters. The minimum Gasteiger partial charge on any atom is -0.493 e. The molecule has 2 N–H and O–H groups in total. The van der Waals surface area contributed by atoms with E-state index in [1.165, 1.54) is 13.2 Å². The third kappa shape index (κ3) is 4.40. The van der Waals surface area contributed by atoms with Crippen molar-refractivity contribution in [2.75, 3.05) is 13.7 Å². The van der Waals surface area contributed by atoms with Crippen LogP contribution in [-0.2, 0) is 0 Å². The zero-order valence-electron chi connectivity index (χ0n) is 9.53. The molecular formula is C12H15F2NO2. The first-order valence-corrected chi connectivity index (χ1v) is 5.17. The van der Waals surface area contributed by atoms with Gasteiger partial charge >= 0.3 is 6.61 Å². The smallest absolute Gasteiger partial charge is 0.387 e. The molecule has 94 valence electrons. The van der Waals surface area contributed by atoms with Crippen LogP contribution in [0.15, 0.2) is 24.3 Å². The van der Waals surface area contributed by atoms with Crippen LogP contribution in [0, 0.1) is 0 Å². The van der Waals surface area contributed by atoms with Crippen molar-refractivity contribution in [3.8, 4) is 11.5 Å². The lowest BCUT2D eigenvalue weighted by atomic mass is 10.2. The van der Waals surface area contributed by atoms with Crippen molar-refractivity contribution >= 4 is 6.08 Å². The molecule has 3 nitrogen and oxygen atoms in total. The normalized spacial score (nSPS) is 11.1. The average Bonchev–Trinajstić information content (AvgIpc) is 2.29. The maximum Gasteiger partial charge on any atom is 0.387 e. The van der Waals surface area contributed by atoms with Gasteiger partial charge < -0.3 is 15.2 Å². The van der Waals surface area contributed by atoms with Gasteiger partial charge in [-0.1, -0.05) is 18.2 Å². The Labute approximate surface area is 98.8 Å². The van der Waals surface area contributed by atoms with E-state index in [0.29, 0.717) is 6.54 Å². The standard InChI is InChI=1S/C12H15F2NO2/c1-16-10-6-5-9(4-2-3-7-15)8-11(10)17-12(13)14/h2,4-6,8,12H,3,7,15H2,1H3. The van der Waals surface area contributed by atoms with E-state index in [2.05, 4.69) is 4.74 Å². The fourth-order valence-corrected chi connectivity index (χ4v) is 1.30. The minimum absolute atomic E-state index is 0.0254. The molecule has 0 aliphatic heterocycles. The van der Waals surface area contributed by atoms with Gasteiger partial charge in [0.05, 0.1) is 7.11 Å². The average molecular weight is 243 g/mol. The van der Waals surface area contributed by atoms with E-state index in [9.17, 15) is 8.78 Å². The summed E-state index contributed by atoms with van der Waals surface area (Å²) in [5.41, 5.74) is 6.10. The fraction of sp³-hybridized carbons (Fsp3) is 0.333. The summed E-state index contributed by atoms with van der Waals surface area (Å²) in [6, 6.07) is 4.84. The van der Waals surface area contributed by atoms with Crippen LogP contribution in [0.5, 0.6) is 11.5 Å². The number of methoxy groups -OCH3 is 1. The summed E-state index contributed by atoms with van der Waals surface area (Å²) in [4.78, 5) is 0. The second-order valence-corrected chi connectivity index (χ2v) is 3.27. The van der Waals surface area contributed by atoms with Gasteiger partial charge in [0.2, 0.25) is 0 Å². The largest absolute Gasteiger partial charge is 0.493 e. The number of hydrogen-bond acceptors (Lipinski definition) is 3. The molecule has 0 heterocycles. The van der Waals surface area contributed by atoms with E-state index in [-0.39, 0.29) is 11.5 Å². The predicted octanol–water partition coefficient (Wildman–Crippen LogP) is 2.66. The van der Waals surface area contributed by atoms with E-state index in [1.54, 1.807) is 18.2 Å². The first-order valence-electron chi connectivity index (χ1n) is 5.17. The molecule has 0 fully saturated rings. The summed E-state index contributed by atoms with van der Waals surface area (Å²) >= 11 is 0. The highest BCUT2D eigenvalue weighted by atomic mass is 19.3. The summed E-state index contributed by atoms with van der Waals surface area (Å²) in [7, 11) is 1.40. The van der Waals surface area contributed by atoms with E-state index in [4.69, 9.17) is 10.5 Å². The maximum absolute atomic E-state index is 12.2. The van der Waals surface area contributed by atoms with Crippen molar-refractivity contribution in [2.24, 2.45) is 5.73 Å². The molecule has 0 amide bonds. The molecule has 1 aromatic carbocycles. The Hall–Kier alpha value is -1.62. The van der Waals surface area contributed by atoms with Crippen molar-refractivity contribution in [1.29, 1.82) is 0 Å². The Bertz CT molecular complexity index is 381. The van der Waals surface area contributed by atoms with Crippen molar-refractivity contribution in [1.82, 2.24) is 0 Å². The SMILES string of the molecule is COc1ccc(C=CCCN)cc1OC(F)F. The fourth-order valence-electron chi connectivity index (χ4n) is 1.30. The first kappa shape index (κ1) is 13.4. The Balaban J connectivity index is 2.88. The van der Waals surface area contributed by atoms with Gasteiger partial charge in [-0.2, -0.15) is 8.78 Å². The summed E-state index contributed by atoms with van der Waals surface area (Å²) in [6.45, 7) is -2.32.